The van der Waals surface area contributed by atoms with Crippen molar-refractivity contribution in [3.63, 3.8) is 0 Å². The SMILES string of the molecule is Cn1nc(-c2cnc(Cl)cc2OC(N)=O)cc1N1CCOCC1. The number of hydrogen-bond donors (Lipinski definition) is 1. The Morgan fingerprint density at radius 3 is 2.83 bits per heavy atom. The molecule has 2 aromatic heterocycles. The Balaban J connectivity index is 1.97. The van der Waals surface area contributed by atoms with E-state index in [4.69, 9.17) is 26.8 Å². The largest absolute Gasteiger partial charge is 0.410 e. The van der Waals surface area contributed by atoms with Gasteiger partial charge in [0.1, 0.15) is 16.7 Å². The van der Waals surface area contributed by atoms with Crippen LogP contribution in [0.3, 0.4) is 0 Å². The zero-order valence-electron chi connectivity index (χ0n) is 12.5. The number of nitrogens with two attached hydrogens (primary N) is 1. The lowest BCUT2D eigenvalue weighted by Crippen LogP contribution is -2.37. The van der Waals surface area contributed by atoms with Crippen LogP contribution in [0.15, 0.2) is 18.3 Å². The highest BCUT2D eigenvalue weighted by Crippen LogP contribution is 2.32. The standard InChI is InChI=1S/C14H16ClN5O3/c1-19-13(20-2-4-22-5-3-20)6-10(18-19)9-8-17-12(15)7-11(9)23-14(16)21/h6-8H,2-5H2,1H3,(H2,16,21). The molecule has 0 unspecified atom stereocenters. The molecule has 1 amide bonds. The summed E-state index contributed by atoms with van der Waals surface area (Å²) in [6.07, 6.45) is 0.587. The number of halogens is 1. The highest BCUT2D eigenvalue weighted by atomic mass is 35.5. The number of rotatable bonds is 3. The molecule has 3 rings (SSSR count). The van der Waals surface area contributed by atoms with E-state index in [1.807, 2.05) is 13.1 Å². The van der Waals surface area contributed by atoms with Gasteiger partial charge in [0, 0.05) is 38.5 Å². The fraction of sp³-hybridized carbons (Fsp3) is 0.357. The van der Waals surface area contributed by atoms with Crippen LogP contribution in [-0.4, -0.2) is 47.2 Å². The normalized spacial score (nSPS) is 14.8. The molecule has 9 heteroatoms. The highest BCUT2D eigenvalue weighted by Gasteiger charge is 2.19. The number of primary amides is 1. The molecule has 0 aliphatic carbocycles. The molecule has 2 N–H and O–H groups in total. The molecule has 3 heterocycles. The Morgan fingerprint density at radius 1 is 1.39 bits per heavy atom. The monoisotopic (exact) mass is 337 g/mol. The Morgan fingerprint density at radius 2 is 2.13 bits per heavy atom. The van der Waals surface area contributed by atoms with E-state index in [2.05, 4.69) is 15.0 Å². The molecule has 122 valence electrons. The van der Waals surface area contributed by atoms with Crippen LogP contribution in [-0.2, 0) is 11.8 Å². The lowest BCUT2D eigenvalue weighted by molar-refractivity contribution is 0.122. The third-order valence-corrected chi connectivity index (χ3v) is 3.72. The van der Waals surface area contributed by atoms with E-state index in [1.165, 1.54) is 12.3 Å². The van der Waals surface area contributed by atoms with Crippen LogP contribution in [0.2, 0.25) is 5.15 Å². The third-order valence-electron chi connectivity index (χ3n) is 3.51. The van der Waals surface area contributed by atoms with Crippen LogP contribution >= 0.6 is 11.6 Å². The number of carbonyl (C=O) groups is 1. The molecular weight excluding hydrogens is 322 g/mol. The first-order valence-electron chi connectivity index (χ1n) is 7.04. The van der Waals surface area contributed by atoms with E-state index in [-0.39, 0.29) is 10.9 Å². The van der Waals surface area contributed by atoms with Crippen molar-refractivity contribution in [2.45, 2.75) is 0 Å². The first kappa shape index (κ1) is 15.6. The average molecular weight is 338 g/mol. The summed E-state index contributed by atoms with van der Waals surface area (Å²) in [5.41, 5.74) is 6.27. The summed E-state index contributed by atoms with van der Waals surface area (Å²) < 4.78 is 12.1. The minimum Gasteiger partial charge on any atom is -0.410 e. The molecule has 1 aliphatic heterocycles. The number of hydrogen-bond acceptors (Lipinski definition) is 6. The third kappa shape index (κ3) is 3.38. The molecule has 1 fully saturated rings. The van der Waals surface area contributed by atoms with Crippen LogP contribution in [0.1, 0.15) is 0 Å². The fourth-order valence-electron chi connectivity index (χ4n) is 2.48. The Hall–Kier alpha value is -2.32. The molecule has 0 radical (unpaired) electrons. The first-order valence-corrected chi connectivity index (χ1v) is 7.42. The van der Waals surface area contributed by atoms with Gasteiger partial charge in [0.15, 0.2) is 0 Å². The van der Waals surface area contributed by atoms with Crippen LogP contribution < -0.4 is 15.4 Å². The summed E-state index contributed by atoms with van der Waals surface area (Å²) in [4.78, 5) is 17.3. The van der Waals surface area contributed by atoms with Gasteiger partial charge in [-0.15, -0.1) is 0 Å². The lowest BCUT2D eigenvalue weighted by Gasteiger charge is -2.28. The molecule has 0 spiro atoms. The number of pyridine rings is 1. The Bertz CT molecular complexity index is 727. The van der Waals surface area contributed by atoms with Gasteiger partial charge in [-0.1, -0.05) is 11.6 Å². The van der Waals surface area contributed by atoms with Crippen molar-refractivity contribution >= 4 is 23.5 Å². The smallest absolute Gasteiger partial charge is 0.409 e. The molecule has 0 atom stereocenters. The number of nitrogens with zero attached hydrogens (tertiary/aromatic N) is 4. The number of carbonyl (C=O) groups excluding carboxylic acids is 1. The van der Waals surface area contributed by atoms with E-state index >= 15 is 0 Å². The van der Waals surface area contributed by atoms with E-state index in [0.29, 0.717) is 24.5 Å². The van der Waals surface area contributed by atoms with Gasteiger partial charge in [0.25, 0.3) is 0 Å². The topological polar surface area (TPSA) is 95.5 Å². The number of aromatic nitrogens is 3. The van der Waals surface area contributed by atoms with Gasteiger partial charge in [0.05, 0.1) is 24.5 Å². The maximum Gasteiger partial charge on any atom is 0.409 e. The molecular formula is C14H16ClN5O3. The molecule has 1 aliphatic rings. The van der Waals surface area contributed by atoms with E-state index in [1.54, 1.807) is 4.68 Å². The molecule has 0 bridgehead atoms. The zero-order valence-corrected chi connectivity index (χ0v) is 13.3. The van der Waals surface area contributed by atoms with Gasteiger partial charge < -0.3 is 20.1 Å². The summed E-state index contributed by atoms with van der Waals surface area (Å²) in [7, 11) is 1.85. The molecule has 1 saturated heterocycles. The maximum atomic E-state index is 11.1. The average Bonchev–Trinajstić information content (AvgIpc) is 2.89. The second-order valence-corrected chi connectivity index (χ2v) is 5.42. The minimum atomic E-state index is -0.919. The van der Waals surface area contributed by atoms with Crippen LogP contribution in [0.4, 0.5) is 10.6 Å². The van der Waals surface area contributed by atoms with E-state index < -0.39 is 6.09 Å². The number of ether oxygens (including phenoxy) is 2. The van der Waals surface area contributed by atoms with Crippen LogP contribution in [0, 0.1) is 0 Å². The van der Waals surface area contributed by atoms with Crippen molar-refractivity contribution in [1.82, 2.24) is 14.8 Å². The number of anilines is 1. The molecule has 0 aromatic carbocycles. The quantitative estimate of drug-likeness (QED) is 0.851. The zero-order chi connectivity index (χ0) is 16.4. The summed E-state index contributed by atoms with van der Waals surface area (Å²) >= 11 is 5.85. The Kier molecular flexibility index (Phi) is 4.35. The second-order valence-electron chi connectivity index (χ2n) is 5.04. The number of aryl methyl sites for hydroxylation is 1. The summed E-state index contributed by atoms with van der Waals surface area (Å²) in [6, 6.07) is 3.34. The first-order chi connectivity index (χ1) is 11.0. The molecule has 8 nitrogen and oxygen atoms in total. The summed E-state index contributed by atoms with van der Waals surface area (Å²) in [5.74, 6) is 1.17. The lowest BCUT2D eigenvalue weighted by atomic mass is 10.2. The predicted molar refractivity (Wildman–Crippen MR) is 84.7 cm³/mol. The summed E-state index contributed by atoms with van der Waals surface area (Å²) in [5, 5.41) is 4.68. The molecule has 2 aromatic rings. The van der Waals surface area contributed by atoms with Gasteiger partial charge in [-0.25, -0.2) is 9.78 Å². The van der Waals surface area contributed by atoms with Crippen molar-refractivity contribution in [2.24, 2.45) is 12.8 Å². The van der Waals surface area contributed by atoms with Crippen LogP contribution in [0.25, 0.3) is 11.3 Å². The van der Waals surface area contributed by atoms with Gasteiger partial charge in [0.2, 0.25) is 0 Å². The van der Waals surface area contributed by atoms with Crippen molar-refractivity contribution in [1.29, 1.82) is 0 Å². The van der Waals surface area contributed by atoms with Gasteiger partial charge in [-0.3, -0.25) is 4.68 Å². The second kappa shape index (κ2) is 6.43. The Labute approximate surface area is 137 Å². The van der Waals surface area contributed by atoms with Gasteiger partial charge in [-0.05, 0) is 0 Å². The van der Waals surface area contributed by atoms with Crippen molar-refractivity contribution in [2.75, 3.05) is 31.2 Å². The molecule has 23 heavy (non-hydrogen) atoms. The van der Waals surface area contributed by atoms with Crippen molar-refractivity contribution in [3.05, 3.63) is 23.5 Å². The predicted octanol–water partition coefficient (Wildman–Crippen LogP) is 1.43. The number of morpholine rings is 1. The fourth-order valence-corrected chi connectivity index (χ4v) is 2.62. The highest BCUT2D eigenvalue weighted by molar-refractivity contribution is 6.29. The summed E-state index contributed by atoms with van der Waals surface area (Å²) in [6.45, 7) is 2.95. The van der Waals surface area contributed by atoms with Crippen molar-refractivity contribution < 1.29 is 14.3 Å². The number of amides is 1. The molecule has 0 saturated carbocycles. The van der Waals surface area contributed by atoms with Crippen LogP contribution in [0.5, 0.6) is 5.75 Å². The van der Waals surface area contributed by atoms with Gasteiger partial charge in [-0.2, -0.15) is 5.10 Å². The van der Waals surface area contributed by atoms with Gasteiger partial charge >= 0.3 is 6.09 Å². The van der Waals surface area contributed by atoms with E-state index in [9.17, 15) is 4.79 Å². The maximum absolute atomic E-state index is 11.1. The van der Waals surface area contributed by atoms with Crippen molar-refractivity contribution in [3.8, 4) is 17.0 Å². The minimum absolute atomic E-state index is 0.203. The van der Waals surface area contributed by atoms with E-state index in [0.717, 1.165) is 18.9 Å².